The second-order valence-electron chi connectivity index (χ2n) is 8.94. The van der Waals surface area contributed by atoms with E-state index in [0.717, 1.165) is 5.69 Å². The number of methoxy groups -OCH3 is 1. The number of pyridine rings is 2. The number of aromatic amines is 1. The first-order valence-electron chi connectivity index (χ1n) is 11.4. The van der Waals surface area contributed by atoms with Gasteiger partial charge < -0.3 is 20.3 Å². The van der Waals surface area contributed by atoms with Crippen molar-refractivity contribution >= 4 is 40.2 Å². The van der Waals surface area contributed by atoms with E-state index in [1.54, 1.807) is 12.1 Å². The Balaban J connectivity index is 1.46. The molecule has 1 amide bonds. The maximum Gasteiger partial charge on any atom is 0.339 e. The third kappa shape index (κ3) is 4.47. The number of alkyl halides is 2. The molecule has 0 radical (unpaired) electrons. The Bertz CT molecular complexity index is 1270. The van der Waals surface area contributed by atoms with Gasteiger partial charge in [-0.1, -0.05) is 0 Å². The number of carbonyl (C=O) groups excluding carboxylic acids is 2. The number of halogens is 2. The van der Waals surface area contributed by atoms with Crippen LogP contribution < -0.4 is 10.6 Å². The summed E-state index contributed by atoms with van der Waals surface area (Å²) in [5.41, 5.74) is 1.76. The fourth-order valence-corrected chi connectivity index (χ4v) is 5.10. The summed E-state index contributed by atoms with van der Waals surface area (Å²) in [5.74, 6) is -0.0293. The first-order valence-corrected chi connectivity index (χ1v) is 11.4. The molecule has 0 aromatic carbocycles. The zero-order valence-corrected chi connectivity index (χ0v) is 19.2. The summed E-state index contributed by atoms with van der Waals surface area (Å²) in [6, 6.07) is 4.68. The van der Waals surface area contributed by atoms with Crippen molar-refractivity contribution in [1.82, 2.24) is 25.1 Å². The molecule has 3 aromatic rings. The molecule has 0 spiro atoms. The average molecular weight is 485 g/mol. The van der Waals surface area contributed by atoms with Crippen molar-refractivity contribution in [2.75, 3.05) is 17.7 Å². The van der Waals surface area contributed by atoms with Gasteiger partial charge in [0, 0.05) is 47.5 Å². The Kier molecular flexibility index (Phi) is 5.95. The van der Waals surface area contributed by atoms with E-state index in [4.69, 9.17) is 9.72 Å². The van der Waals surface area contributed by atoms with Crippen LogP contribution in [0.4, 0.5) is 26.2 Å². The minimum atomic E-state index is -3.00. The van der Waals surface area contributed by atoms with Crippen LogP contribution in [0.2, 0.25) is 0 Å². The monoisotopic (exact) mass is 485 g/mol. The zero-order chi connectivity index (χ0) is 24.7. The lowest BCUT2D eigenvalue weighted by Crippen LogP contribution is -2.51. The number of aryl methyl sites for hydroxylation is 1. The van der Waals surface area contributed by atoms with E-state index in [1.807, 2.05) is 13.0 Å². The summed E-state index contributed by atoms with van der Waals surface area (Å²) in [4.78, 5) is 34.6. The molecule has 5 rings (SSSR count). The quantitative estimate of drug-likeness (QED) is 0.454. The highest BCUT2D eigenvalue weighted by Gasteiger charge is 2.45. The standard InChI is InChI=1S/C23H25F2N7O3/c1-11-5-19(31-30-11)28-18-9-17-16(6-12(10-26-17)23(34)35-2)21(29-18)27-13-7-14-3-4-15(8-13)32(14)22(33)20(24)25/h5-6,9-10,13-15,20H,3-4,7-8H2,1-2H3,(H3,27,28,29,30,31)/t13?,14-,15+. The molecule has 1 unspecified atom stereocenters. The minimum absolute atomic E-state index is 0.0883. The van der Waals surface area contributed by atoms with Crippen molar-refractivity contribution < 1.29 is 23.1 Å². The zero-order valence-electron chi connectivity index (χ0n) is 19.2. The van der Waals surface area contributed by atoms with Gasteiger partial charge in [-0.2, -0.15) is 13.9 Å². The van der Waals surface area contributed by atoms with Crippen molar-refractivity contribution in [2.45, 2.75) is 57.2 Å². The topological polar surface area (TPSA) is 125 Å². The van der Waals surface area contributed by atoms with Gasteiger partial charge in [-0.3, -0.25) is 14.9 Å². The fraction of sp³-hybridized carbons (Fsp3) is 0.435. The molecular weight excluding hydrogens is 460 g/mol. The molecule has 3 aromatic heterocycles. The number of piperidine rings is 1. The van der Waals surface area contributed by atoms with Crippen LogP contribution in [0.3, 0.4) is 0 Å². The first-order chi connectivity index (χ1) is 16.8. The molecule has 3 N–H and O–H groups in total. The molecular formula is C23H25F2N7O3. The van der Waals surface area contributed by atoms with Crippen LogP contribution >= 0.6 is 0 Å². The lowest BCUT2D eigenvalue weighted by Gasteiger charge is -2.39. The van der Waals surface area contributed by atoms with Gasteiger partial charge in [-0.15, -0.1) is 0 Å². The van der Waals surface area contributed by atoms with Gasteiger partial charge in [-0.25, -0.2) is 9.78 Å². The largest absolute Gasteiger partial charge is 0.465 e. The summed E-state index contributed by atoms with van der Waals surface area (Å²) in [5, 5.41) is 14.2. The van der Waals surface area contributed by atoms with E-state index < -0.39 is 18.3 Å². The van der Waals surface area contributed by atoms with Gasteiger partial charge in [0.15, 0.2) is 5.82 Å². The summed E-state index contributed by atoms with van der Waals surface area (Å²) >= 11 is 0. The molecule has 0 saturated carbocycles. The molecule has 12 heteroatoms. The lowest BCUT2D eigenvalue weighted by atomic mass is 9.97. The molecule has 2 fully saturated rings. The van der Waals surface area contributed by atoms with E-state index in [-0.39, 0.29) is 23.7 Å². The van der Waals surface area contributed by atoms with Crippen LogP contribution in [0.15, 0.2) is 24.4 Å². The van der Waals surface area contributed by atoms with Crippen molar-refractivity contribution in [2.24, 2.45) is 0 Å². The van der Waals surface area contributed by atoms with Gasteiger partial charge >= 0.3 is 12.4 Å². The normalized spacial score (nSPS) is 21.4. The Morgan fingerprint density at radius 1 is 1.17 bits per heavy atom. The predicted octanol–water partition coefficient (Wildman–Crippen LogP) is 3.39. The number of hydrogen-bond donors (Lipinski definition) is 3. The molecule has 2 saturated heterocycles. The molecule has 0 aliphatic carbocycles. The number of esters is 1. The number of fused-ring (bicyclic) bond motifs is 3. The van der Waals surface area contributed by atoms with E-state index in [1.165, 1.54) is 18.2 Å². The van der Waals surface area contributed by atoms with Crippen LogP contribution in [0, 0.1) is 6.92 Å². The van der Waals surface area contributed by atoms with Crippen LogP contribution in [-0.2, 0) is 9.53 Å². The molecule has 10 nitrogen and oxygen atoms in total. The first kappa shape index (κ1) is 22.9. The summed E-state index contributed by atoms with van der Waals surface area (Å²) in [6.07, 6.45) is 0.892. The summed E-state index contributed by atoms with van der Waals surface area (Å²) in [7, 11) is 1.30. The Morgan fingerprint density at radius 2 is 1.91 bits per heavy atom. The van der Waals surface area contributed by atoms with Crippen molar-refractivity contribution in [3.63, 3.8) is 0 Å². The van der Waals surface area contributed by atoms with E-state index in [2.05, 4.69) is 25.8 Å². The van der Waals surface area contributed by atoms with Crippen molar-refractivity contribution in [3.8, 4) is 0 Å². The van der Waals surface area contributed by atoms with Crippen LogP contribution in [0.25, 0.3) is 10.9 Å². The Morgan fingerprint density at radius 3 is 2.54 bits per heavy atom. The highest BCUT2D eigenvalue weighted by molar-refractivity contribution is 5.98. The van der Waals surface area contributed by atoms with Gasteiger partial charge in [0.05, 0.1) is 18.2 Å². The number of ether oxygens (including phenoxy) is 1. The van der Waals surface area contributed by atoms with E-state index in [9.17, 15) is 18.4 Å². The third-order valence-corrected chi connectivity index (χ3v) is 6.58. The number of carbonyl (C=O) groups is 2. The van der Waals surface area contributed by atoms with Gasteiger partial charge in [0.2, 0.25) is 0 Å². The highest BCUT2D eigenvalue weighted by Crippen LogP contribution is 2.38. The van der Waals surface area contributed by atoms with E-state index >= 15 is 0 Å². The molecule has 3 atom stereocenters. The molecule has 2 aliphatic heterocycles. The number of nitrogens with zero attached hydrogens (tertiary/aromatic N) is 4. The number of aromatic nitrogens is 4. The van der Waals surface area contributed by atoms with Crippen molar-refractivity contribution in [1.29, 1.82) is 0 Å². The third-order valence-electron chi connectivity index (χ3n) is 6.58. The number of amides is 1. The summed E-state index contributed by atoms with van der Waals surface area (Å²) < 4.78 is 31.0. The maximum atomic E-state index is 13.1. The number of nitrogens with one attached hydrogen (secondary N) is 3. The van der Waals surface area contributed by atoms with Crippen molar-refractivity contribution in [3.05, 3.63) is 35.7 Å². The average Bonchev–Trinajstić information content (AvgIpc) is 3.36. The number of hydrogen-bond acceptors (Lipinski definition) is 8. The minimum Gasteiger partial charge on any atom is -0.465 e. The maximum absolute atomic E-state index is 13.1. The second kappa shape index (κ2) is 9.08. The predicted molar refractivity (Wildman–Crippen MR) is 124 cm³/mol. The Hall–Kier alpha value is -3.83. The van der Waals surface area contributed by atoms with Crippen LogP contribution in [-0.4, -0.2) is 68.6 Å². The number of rotatable bonds is 6. The molecule has 2 bridgehead atoms. The number of H-pyrrole nitrogens is 1. The molecule has 2 aliphatic rings. The van der Waals surface area contributed by atoms with Gasteiger partial charge in [-0.05, 0) is 38.7 Å². The van der Waals surface area contributed by atoms with E-state index in [0.29, 0.717) is 54.0 Å². The highest BCUT2D eigenvalue weighted by atomic mass is 19.3. The van der Waals surface area contributed by atoms with Crippen LogP contribution in [0.1, 0.15) is 41.7 Å². The summed E-state index contributed by atoms with van der Waals surface area (Å²) in [6.45, 7) is 1.88. The lowest BCUT2D eigenvalue weighted by molar-refractivity contribution is -0.147. The van der Waals surface area contributed by atoms with Crippen LogP contribution in [0.5, 0.6) is 0 Å². The molecule has 35 heavy (non-hydrogen) atoms. The van der Waals surface area contributed by atoms with Gasteiger partial charge in [0.1, 0.15) is 11.6 Å². The van der Waals surface area contributed by atoms with Gasteiger partial charge in [0.25, 0.3) is 5.91 Å². The SMILES string of the molecule is COC(=O)c1cnc2cc(Nc3cc(C)[nH]n3)nc(NC3C[C@H]4CC[C@@H](C3)N4C(=O)C(F)F)c2c1. The molecule has 5 heterocycles. The molecule has 184 valence electrons. The Labute approximate surface area is 199 Å². The second-order valence-corrected chi connectivity index (χ2v) is 8.94. The smallest absolute Gasteiger partial charge is 0.339 e. The fourth-order valence-electron chi connectivity index (χ4n) is 5.10. The number of anilines is 3.